The van der Waals surface area contributed by atoms with Crippen molar-refractivity contribution in [2.45, 2.75) is 51.6 Å². The van der Waals surface area contributed by atoms with Gasteiger partial charge in [0.2, 0.25) is 0 Å². The molecular weight excluding hydrogens is 240 g/mol. The highest BCUT2D eigenvalue weighted by Crippen LogP contribution is 2.30. The quantitative estimate of drug-likeness (QED) is 0.836. The standard InChI is InChI=1S/C14H24N4O/c19-10-12-5-3-4-11(12)8-15-9-14-17-16-13-6-1-2-7-18(13)14/h11-12,15,19H,1-10H2. The molecule has 2 N–H and O–H groups in total. The molecule has 2 atom stereocenters. The number of nitrogens with zero attached hydrogens (tertiary/aromatic N) is 3. The van der Waals surface area contributed by atoms with Crippen LogP contribution < -0.4 is 5.32 Å². The van der Waals surface area contributed by atoms with Gasteiger partial charge in [-0.1, -0.05) is 6.42 Å². The third kappa shape index (κ3) is 2.82. The van der Waals surface area contributed by atoms with Crippen LogP contribution in [-0.2, 0) is 19.5 Å². The molecule has 1 saturated carbocycles. The summed E-state index contributed by atoms with van der Waals surface area (Å²) in [6, 6.07) is 0. The summed E-state index contributed by atoms with van der Waals surface area (Å²) in [4.78, 5) is 0. The van der Waals surface area contributed by atoms with Crippen LogP contribution >= 0.6 is 0 Å². The first-order valence-electron chi connectivity index (χ1n) is 7.61. The van der Waals surface area contributed by atoms with Crippen LogP contribution in [0.1, 0.15) is 43.8 Å². The first-order chi connectivity index (χ1) is 9.38. The van der Waals surface area contributed by atoms with E-state index in [1.807, 2.05) is 0 Å². The summed E-state index contributed by atoms with van der Waals surface area (Å²) in [6.45, 7) is 3.21. The normalized spacial score (nSPS) is 26.6. The van der Waals surface area contributed by atoms with Crippen molar-refractivity contribution < 1.29 is 5.11 Å². The molecule has 2 aliphatic rings. The first-order valence-corrected chi connectivity index (χ1v) is 7.61. The van der Waals surface area contributed by atoms with Crippen LogP contribution in [0.25, 0.3) is 0 Å². The third-order valence-corrected chi connectivity index (χ3v) is 4.68. The van der Waals surface area contributed by atoms with Gasteiger partial charge >= 0.3 is 0 Å². The first kappa shape index (κ1) is 13.1. The fourth-order valence-corrected chi connectivity index (χ4v) is 3.49. The van der Waals surface area contributed by atoms with Crippen LogP contribution in [0, 0.1) is 11.8 Å². The molecule has 1 aliphatic heterocycles. The van der Waals surface area contributed by atoms with Gasteiger partial charge in [0, 0.05) is 19.6 Å². The number of aliphatic hydroxyl groups is 1. The van der Waals surface area contributed by atoms with E-state index in [-0.39, 0.29) is 0 Å². The van der Waals surface area contributed by atoms with Gasteiger partial charge in [0.25, 0.3) is 0 Å². The molecule has 5 nitrogen and oxygen atoms in total. The monoisotopic (exact) mass is 264 g/mol. The van der Waals surface area contributed by atoms with Crippen molar-refractivity contribution in [3.63, 3.8) is 0 Å². The third-order valence-electron chi connectivity index (χ3n) is 4.68. The van der Waals surface area contributed by atoms with Crippen molar-refractivity contribution in [1.82, 2.24) is 20.1 Å². The Labute approximate surface area is 114 Å². The summed E-state index contributed by atoms with van der Waals surface area (Å²) < 4.78 is 2.27. The summed E-state index contributed by atoms with van der Waals surface area (Å²) in [5.74, 6) is 3.36. The fraction of sp³-hybridized carbons (Fsp3) is 0.857. The lowest BCUT2D eigenvalue weighted by atomic mass is 9.97. The second kappa shape index (κ2) is 6.01. The Hall–Kier alpha value is -0.940. The van der Waals surface area contributed by atoms with Gasteiger partial charge in [-0.05, 0) is 44.1 Å². The molecule has 0 saturated heterocycles. The molecule has 0 spiro atoms. The lowest BCUT2D eigenvalue weighted by Crippen LogP contribution is -2.28. The molecular formula is C14H24N4O. The summed E-state index contributed by atoms with van der Waals surface area (Å²) in [7, 11) is 0. The molecule has 0 bridgehead atoms. The summed E-state index contributed by atoms with van der Waals surface area (Å²) >= 11 is 0. The molecule has 106 valence electrons. The maximum atomic E-state index is 9.32. The van der Waals surface area contributed by atoms with Crippen molar-refractivity contribution in [2.24, 2.45) is 11.8 Å². The van der Waals surface area contributed by atoms with E-state index in [0.717, 1.165) is 37.7 Å². The Morgan fingerprint density at radius 1 is 1.16 bits per heavy atom. The van der Waals surface area contributed by atoms with Crippen molar-refractivity contribution in [2.75, 3.05) is 13.2 Å². The Kier molecular flexibility index (Phi) is 4.13. The Morgan fingerprint density at radius 3 is 2.95 bits per heavy atom. The van der Waals surface area contributed by atoms with Gasteiger partial charge < -0.3 is 15.0 Å². The number of aliphatic hydroxyl groups excluding tert-OH is 1. The van der Waals surface area contributed by atoms with Gasteiger partial charge in [-0.2, -0.15) is 0 Å². The molecule has 0 radical (unpaired) electrons. The fourth-order valence-electron chi connectivity index (χ4n) is 3.49. The largest absolute Gasteiger partial charge is 0.396 e. The minimum absolute atomic E-state index is 0.340. The molecule has 2 heterocycles. The molecule has 2 unspecified atom stereocenters. The lowest BCUT2D eigenvalue weighted by molar-refractivity contribution is 0.192. The highest BCUT2D eigenvalue weighted by Gasteiger charge is 2.26. The summed E-state index contributed by atoms with van der Waals surface area (Å²) in [6.07, 6.45) is 7.25. The molecule has 1 aromatic rings. The average molecular weight is 264 g/mol. The minimum Gasteiger partial charge on any atom is -0.396 e. The predicted octanol–water partition coefficient (Wildman–Crippen LogP) is 1.11. The zero-order valence-electron chi connectivity index (χ0n) is 11.5. The molecule has 1 aliphatic carbocycles. The van der Waals surface area contributed by atoms with Crippen molar-refractivity contribution in [1.29, 1.82) is 0 Å². The van der Waals surface area contributed by atoms with Gasteiger partial charge in [-0.3, -0.25) is 0 Å². The smallest absolute Gasteiger partial charge is 0.147 e. The molecule has 19 heavy (non-hydrogen) atoms. The lowest BCUT2D eigenvalue weighted by Gasteiger charge is -2.18. The van der Waals surface area contributed by atoms with E-state index in [1.165, 1.54) is 32.1 Å². The highest BCUT2D eigenvalue weighted by molar-refractivity contribution is 4.98. The average Bonchev–Trinajstić information content (AvgIpc) is 3.06. The number of rotatable bonds is 5. The van der Waals surface area contributed by atoms with Crippen LogP contribution in [0.3, 0.4) is 0 Å². The molecule has 1 fully saturated rings. The second-order valence-electron chi connectivity index (χ2n) is 5.91. The Morgan fingerprint density at radius 2 is 2.05 bits per heavy atom. The molecule has 3 rings (SSSR count). The van der Waals surface area contributed by atoms with Crippen molar-refractivity contribution in [3.8, 4) is 0 Å². The molecule has 0 amide bonds. The number of fused-ring (bicyclic) bond motifs is 1. The number of hydrogen-bond donors (Lipinski definition) is 2. The van der Waals surface area contributed by atoms with E-state index < -0.39 is 0 Å². The molecule has 0 aromatic carbocycles. The Balaban J connectivity index is 1.51. The van der Waals surface area contributed by atoms with Crippen molar-refractivity contribution in [3.05, 3.63) is 11.6 Å². The molecule has 1 aromatic heterocycles. The van der Waals surface area contributed by atoms with Crippen LogP contribution in [0.4, 0.5) is 0 Å². The van der Waals surface area contributed by atoms with Crippen LogP contribution in [0.2, 0.25) is 0 Å². The van der Waals surface area contributed by atoms with E-state index >= 15 is 0 Å². The van der Waals surface area contributed by atoms with E-state index in [1.54, 1.807) is 0 Å². The zero-order valence-corrected chi connectivity index (χ0v) is 11.5. The maximum Gasteiger partial charge on any atom is 0.147 e. The van der Waals surface area contributed by atoms with E-state index in [2.05, 4.69) is 20.1 Å². The SMILES string of the molecule is OCC1CCCC1CNCc1nnc2n1CCCC2. The molecule has 5 heteroatoms. The maximum absolute atomic E-state index is 9.32. The highest BCUT2D eigenvalue weighted by atomic mass is 16.3. The van der Waals surface area contributed by atoms with Gasteiger partial charge in [-0.15, -0.1) is 10.2 Å². The zero-order chi connectivity index (χ0) is 13.1. The van der Waals surface area contributed by atoms with E-state index in [0.29, 0.717) is 18.4 Å². The van der Waals surface area contributed by atoms with E-state index in [4.69, 9.17) is 0 Å². The van der Waals surface area contributed by atoms with Crippen molar-refractivity contribution >= 4 is 0 Å². The number of nitrogens with one attached hydrogen (secondary N) is 1. The second-order valence-corrected chi connectivity index (χ2v) is 5.91. The summed E-state index contributed by atoms with van der Waals surface area (Å²) in [5, 5.41) is 21.4. The number of hydrogen-bond acceptors (Lipinski definition) is 4. The predicted molar refractivity (Wildman–Crippen MR) is 72.6 cm³/mol. The van der Waals surface area contributed by atoms with Crippen LogP contribution in [0.5, 0.6) is 0 Å². The topological polar surface area (TPSA) is 63.0 Å². The number of aromatic nitrogens is 3. The van der Waals surface area contributed by atoms with Gasteiger partial charge in [0.1, 0.15) is 11.6 Å². The van der Waals surface area contributed by atoms with Crippen LogP contribution in [-0.4, -0.2) is 33.0 Å². The van der Waals surface area contributed by atoms with Gasteiger partial charge in [-0.25, -0.2) is 0 Å². The Bertz CT molecular complexity index is 418. The van der Waals surface area contributed by atoms with Crippen LogP contribution in [0.15, 0.2) is 0 Å². The van der Waals surface area contributed by atoms with Gasteiger partial charge in [0.05, 0.1) is 6.54 Å². The number of aryl methyl sites for hydroxylation is 1. The summed E-state index contributed by atoms with van der Waals surface area (Å²) in [5.41, 5.74) is 0. The van der Waals surface area contributed by atoms with E-state index in [9.17, 15) is 5.11 Å². The minimum atomic E-state index is 0.340. The van der Waals surface area contributed by atoms with Gasteiger partial charge in [0.15, 0.2) is 0 Å².